The first kappa shape index (κ1) is 22.1. The van der Waals surface area contributed by atoms with E-state index in [1.54, 1.807) is 13.8 Å². The first-order valence-corrected chi connectivity index (χ1v) is 10.6. The molecular weight excluding hydrogens is 455 g/mol. The number of ether oxygens (including phenoxy) is 1. The van der Waals surface area contributed by atoms with Crippen LogP contribution in [0.1, 0.15) is 13.8 Å². The second-order valence-electron chi connectivity index (χ2n) is 5.68. The van der Waals surface area contributed by atoms with E-state index in [4.69, 9.17) is 4.74 Å². The maximum atomic E-state index is 13.1. The normalized spacial score (nSPS) is 11.5. The number of carbonyl (C=O) groups is 1. The lowest BCUT2D eigenvalue weighted by molar-refractivity contribution is -0.118. The molecule has 0 saturated heterocycles. The van der Waals surface area contributed by atoms with Gasteiger partial charge in [0.15, 0.2) is 6.61 Å². The van der Waals surface area contributed by atoms with Gasteiger partial charge >= 0.3 is 0 Å². The number of halogens is 2. The van der Waals surface area contributed by atoms with Crippen LogP contribution in [0.3, 0.4) is 0 Å². The van der Waals surface area contributed by atoms with E-state index in [0.29, 0.717) is 17.6 Å². The molecule has 0 aliphatic carbocycles. The molecule has 0 aromatic heterocycles. The number of aromatic hydroxyl groups is 1. The summed E-state index contributed by atoms with van der Waals surface area (Å²) in [5, 5.41) is 12.4. The number of hydrogen-bond acceptors (Lipinski definition) is 5. The summed E-state index contributed by atoms with van der Waals surface area (Å²) in [5.41, 5.74) is -0.0556. The zero-order chi connectivity index (χ0) is 20.9. The number of nitrogens with zero attached hydrogens (tertiary/aromatic N) is 1. The third-order valence-electron chi connectivity index (χ3n) is 3.84. The van der Waals surface area contributed by atoms with Crippen molar-refractivity contribution >= 4 is 37.5 Å². The summed E-state index contributed by atoms with van der Waals surface area (Å²) in [6, 6.07) is 7.40. The van der Waals surface area contributed by atoms with Crippen molar-refractivity contribution in [3.05, 3.63) is 46.7 Å². The Kier molecular flexibility index (Phi) is 7.39. The van der Waals surface area contributed by atoms with Gasteiger partial charge in [0, 0.05) is 13.1 Å². The first-order valence-electron chi connectivity index (χ1n) is 8.39. The van der Waals surface area contributed by atoms with Gasteiger partial charge in [-0.05, 0) is 52.3 Å². The highest BCUT2D eigenvalue weighted by Gasteiger charge is 2.23. The largest absolute Gasteiger partial charge is 0.506 e. The van der Waals surface area contributed by atoms with Crippen molar-refractivity contribution in [1.29, 1.82) is 0 Å². The molecule has 0 saturated carbocycles. The molecule has 2 aromatic carbocycles. The monoisotopic (exact) mass is 474 g/mol. The van der Waals surface area contributed by atoms with Gasteiger partial charge < -0.3 is 15.2 Å². The third kappa shape index (κ3) is 5.21. The third-order valence-corrected chi connectivity index (χ3v) is 6.50. The van der Waals surface area contributed by atoms with Crippen LogP contribution >= 0.6 is 15.9 Å². The van der Waals surface area contributed by atoms with Crippen LogP contribution in [-0.4, -0.2) is 43.4 Å². The smallest absolute Gasteiger partial charge is 0.262 e. The Bertz CT molecular complexity index is 964. The molecule has 0 atom stereocenters. The van der Waals surface area contributed by atoms with Gasteiger partial charge in [0.2, 0.25) is 10.0 Å². The average molecular weight is 475 g/mol. The Balaban J connectivity index is 2.14. The molecule has 0 heterocycles. The van der Waals surface area contributed by atoms with Crippen molar-refractivity contribution in [3.63, 3.8) is 0 Å². The fourth-order valence-corrected chi connectivity index (χ4v) is 4.36. The second kappa shape index (κ2) is 9.35. The summed E-state index contributed by atoms with van der Waals surface area (Å²) in [6.07, 6.45) is 0. The predicted octanol–water partition coefficient (Wildman–Crippen LogP) is 3.34. The number of nitrogens with one attached hydrogen (secondary N) is 1. The Morgan fingerprint density at radius 2 is 1.89 bits per heavy atom. The van der Waals surface area contributed by atoms with E-state index in [1.165, 1.54) is 40.7 Å². The number of sulfonamides is 1. The zero-order valence-corrected chi connectivity index (χ0v) is 17.7. The molecule has 0 fully saturated rings. The zero-order valence-electron chi connectivity index (χ0n) is 15.3. The average Bonchev–Trinajstić information content (AvgIpc) is 2.63. The number of benzene rings is 2. The van der Waals surface area contributed by atoms with E-state index in [1.807, 2.05) is 0 Å². The molecule has 0 radical (unpaired) electrons. The molecule has 2 aromatic rings. The van der Waals surface area contributed by atoms with E-state index in [9.17, 15) is 22.7 Å². The minimum Gasteiger partial charge on any atom is -0.506 e. The Labute approximate surface area is 171 Å². The molecule has 0 unspecified atom stereocenters. The highest BCUT2D eigenvalue weighted by molar-refractivity contribution is 9.10. The summed E-state index contributed by atoms with van der Waals surface area (Å²) < 4.78 is 45.2. The highest BCUT2D eigenvalue weighted by atomic mass is 79.9. The minimum absolute atomic E-state index is 0.0495. The van der Waals surface area contributed by atoms with Crippen molar-refractivity contribution in [2.75, 3.05) is 25.0 Å². The van der Waals surface area contributed by atoms with Crippen LogP contribution in [0.15, 0.2) is 45.8 Å². The molecule has 28 heavy (non-hydrogen) atoms. The van der Waals surface area contributed by atoms with E-state index in [0.717, 1.165) is 0 Å². The van der Waals surface area contributed by atoms with Crippen LogP contribution < -0.4 is 10.1 Å². The Morgan fingerprint density at radius 3 is 2.50 bits per heavy atom. The van der Waals surface area contributed by atoms with Crippen molar-refractivity contribution in [2.45, 2.75) is 18.7 Å². The predicted molar refractivity (Wildman–Crippen MR) is 106 cm³/mol. The lowest BCUT2D eigenvalue weighted by Crippen LogP contribution is -2.30. The van der Waals surface area contributed by atoms with E-state index >= 15 is 0 Å². The van der Waals surface area contributed by atoms with Crippen molar-refractivity contribution in [1.82, 2.24) is 4.31 Å². The maximum Gasteiger partial charge on any atom is 0.262 e. The van der Waals surface area contributed by atoms with Gasteiger partial charge in [0.1, 0.15) is 17.3 Å². The van der Waals surface area contributed by atoms with Gasteiger partial charge in [0.05, 0.1) is 15.1 Å². The summed E-state index contributed by atoms with van der Waals surface area (Å²) in [4.78, 5) is 12.1. The topological polar surface area (TPSA) is 95.9 Å². The number of phenolic OH excluding ortho intramolecular Hbond substituents is 1. The lowest BCUT2D eigenvalue weighted by Gasteiger charge is -2.19. The molecule has 152 valence electrons. The molecule has 0 aliphatic heterocycles. The maximum absolute atomic E-state index is 13.1. The quantitative estimate of drug-likeness (QED) is 0.571. The number of anilines is 1. The van der Waals surface area contributed by atoms with Crippen LogP contribution in [-0.2, 0) is 14.8 Å². The van der Waals surface area contributed by atoms with Gasteiger partial charge in [-0.15, -0.1) is 0 Å². The molecule has 1 amide bonds. The highest BCUT2D eigenvalue weighted by Crippen LogP contribution is 2.28. The molecule has 0 bridgehead atoms. The van der Waals surface area contributed by atoms with Gasteiger partial charge in [0.25, 0.3) is 5.91 Å². The SMILES string of the molecule is CCN(CC)S(=O)(=O)c1ccc(O)c(NC(=O)COc2ccc(F)cc2Br)c1. The minimum atomic E-state index is -3.74. The molecule has 0 spiro atoms. The van der Waals surface area contributed by atoms with Crippen LogP contribution in [0.25, 0.3) is 0 Å². The van der Waals surface area contributed by atoms with Crippen LogP contribution in [0.5, 0.6) is 11.5 Å². The molecule has 0 aliphatic rings. The fourth-order valence-electron chi connectivity index (χ4n) is 2.41. The van der Waals surface area contributed by atoms with Gasteiger partial charge in [-0.3, -0.25) is 4.79 Å². The Morgan fingerprint density at radius 1 is 1.21 bits per heavy atom. The first-order chi connectivity index (χ1) is 13.2. The summed E-state index contributed by atoms with van der Waals surface area (Å²) in [7, 11) is -3.74. The molecule has 7 nitrogen and oxygen atoms in total. The van der Waals surface area contributed by atoms with Gasteiger partial charge in [-0.25, -0.2) is 12.8 Å². The van der Waals surface area contributed by atoms with Gasteiger partial charge in [-0.2, -0.15) is 4.31 Å². The standard InChI is InChI=1S/C18H20BrFN2O5S/c1-3-22(4-2)28(25,26)13-6-7-16(23)15(10-13)21-18(24)11-27-17-8-5-12(20)9-14(17)19/h5-10,23H,3-4,11H2,1-2H3,(H,21,24). The van der Waals surface area contributed by atoms with Crippen molar-refractivity contribution < 1.29 is 27.4 Å². The molecule has 2 rings (SSSR count). The fraction of sp³-hybridized carbons (Fsp3) is 0.278. The summed E-state index contributed by atoms with van der Waals surface area (Å²) >= 11 is 3.13. The van der Waals surface area contributed by atoms with E-state index in [-0.39, 0.29) is 22.1 Å². The van der Waals surface area contributed by atoms with Gasteiger partial charge in [-0.1, -0.05) is 13.8 Å². The number of hydrogen-bond donors (Lipinski definition) is 2. The summed E-state index contributed by atoms with van der Waals surface area (Å²) in [5.74, 6) is -1.10. The molecular formula is C18H20BrFN2O5S. The molecule has 2 N–H and O–H groups in total. The van der Waals surface area contributed by atoms with Crippen molar-refractivity contribution in [3.8, 4) is 11.5 Å². The molecule has 10 heteroatoms. The number of carbonyl (C=O) groups excluding carboxylic acids is 1. The Hall–Kier alpha value is -2.17. The number of amides is 1. The van der Waals surface area contributed by atoms with Crippen LogP contribution in [0.2, 0.25) is 0 Å². The number of rotatable bonds is 8. The van der Waals surface area contributed by atoms with Crippen molar-refractivity contribution in [2.24, 2.45) is 0 Å². The van der Waals surface area contributed by atoms with Crippen LogP contribution in [0.4, 0.5) is 10.1 Å². The van der Waals surface area contributed by atoms with E-state index in [2.05, 4.69) is 21.2 Å². The lowest BCUT2D eigenvalue weighted by atomic mass is 10.3. The number of phenols is 1. The second-order valence-corrected chi connectivity index (χ2v) is 8.47. The van der Waals surface area contributed by atoms with Crippen LogP contribution in [0, 0.1) is 5.82 Å². The van der Waals surface area contributed by atoms with E-state index < -0.39 is 28.4 Å². The summed E-state index contributed by atoms with van der Waals surface area (Å²) in [6.45, 7) is 3.60.